The van der Waals surface area contributed by atoms with Crippen LogP contribution in [0, 0.1) is 3.57 Å². The number of rotatable bonds is 2. The molecule has 0 radical (unpaired) electrons. The van der Waals surface area contributed by atoms with E-state index in [1.807, 2.05) is 13.1 Å². The lowest BCUT2D eigenvalue weighted by Gasteiger charge is -1.97. The van der Waals surface area contributed by atoms with Crippen molar-refractivity contribution in [1.29, 1.82) is 0 Å². The first-order valence-corrected chi connectivity index (χ1v) is 6.53. The summed E-state index contributed by atoms with van der Waals surface area (Å²) >= 11 is 2.05. The van der Waals surface area contributed by atoms with Gasteiger partial charge in [0.15, 0.2) is 0 Å². The fourth-order valence-electron chi connectivity index (χ4n) is 1.64. The van der Waals surface area contributed by atoms with Crippen molar-refractivity contribution >= 4 is 22.6 Å². The number of aromatic nitrogens is 4. The van der Waals surface area contributed by atoms with Gasteiger partial charge >= 0.3 is 0 Å². The molecule has 0 fully saturated rings. The Hall–Kier alpha value is -1.90. The van der Waals surface area contributed by atoms with Crippen LogP contribution in [0.5, 0.6) is 5.75 Å². The van der Waals surface area contributed by atoms with Gasteiger partial charge in [0.2, 0.25) is 5.82 Å². The van der Waals surface area contributed by atoms with E-state index in [1.165, 1.54) is 0 Å². The van der Waals surface area contributed by atoms with Gasteiger partial charge in [0.05, 0.1) is 15.3 Å². The first-order chi connectivity index (χ1) is 9.13. The quantitative estimate of drug-likeness (QED) is 0.704. The average molecular weight is 368 g/mol. The summed E-state index contributed by atoms with van der Waals surface area (Å²) in [4.78, 5) is 4.29. The molecule has 2 aromatic heterocycles. The molecule has 0 atom stereocenters. The Bertz CT molecular complexity index is 735. The van der Waals surface area contributed by atoms with Crippen LogP contribution in [-0.2, 0) is 7.05 Å². The number of phenolic OH excluding ortho intramolecular Hbond substituents is 1. The molecular weight excluding hydrogens is 359 g/mol. The van der Waals surface area contributed by atoms with Gasteiger partial charge in [-0.25, -0.2) is 0 Å². The highest BCUT2D eigenvalue weighted by Gasteiger charge is 2.12. The van der Waals surface area contributed by atoms with Crippen molar-refractivity contribution in [3.63, 3.8) is 0 Å². The topological polar surface area (TPSA) is 77.0 Å². The number of benzene rings is 1. The van der Waals surface area contributed by atoms with Crippen molar-refractivity contribution in [1.82, 2.24) is 19.9 Å². The van der Waals surface area contributed by atoms with Crippen molar-refractivity contribution in [3.05, 3.63) is 34.2 Å². The number of aryl methyl sites for hydroxylation is 1. The molecule has 3 rings (SSSR count). The zero-order valence-electron chi connectivity index (χ0n) is 9.91. The third kappa shape index (κ3) is 2.33. The number of halogens is 1. The number of aromatic hydroxyl groups is 1. The second-order valence-corrected chi connectivity index (χ2v) is 5.15. The molecule has 0 bridgehead atoms. The molecule has 2 heterocycles. The summed E-state index contributed by atoms with van der Waals surface area (Å²) in [6.45, 7) is 0. The van der Waals surface area contributed by atoms with Gasteiger partial charge in [-0.05, 0) is 40.8 Å². The van der Waals surface area contributed by atoms with E-state index in [4.69, 9.17) is 4.52 Å². The zero-order chi connectivity index (χ0) is 13.4. The lowest BCUT2D eigenvalue weighted by molar-refractivity contribution is 0.431. The van der Waals surface area contributed by atoms with E-state index < -0.39 is 0 Å². The van der Waals surface area contributed by atoms with Crippen LogP contribution in [0.3, 0.4) is 0 Å². The third-order valence-electron chi connectivity index (χ3n) is 2.58. The van der Waals surface area contributed by atoms with Crippen LogP contribution >= 0.6 is 22.6 Å². The second-order valence-electron chi connectivity index (χ2n) is 3.99. The van der Waals surface area contributed by atoms with Crippen LogP contribution in [-0.4, -0.2) is 25.0 Å². The Kier molecular flexibility index (Phi) is 2.97. The van der Waals surface area contributed by atoms with Gasteiger partial charge in [-0.15, -0.1) is 0 Å². The maximum absolute atomic E-state index is 9.68. The number of nitrogens with zero attached hydrogens (tertiary/aromatic N) is 4. The van der Waals surface area contributed by atoms with E-state index in [0.29, 0.717) is 17.3 Å². The zero-order valence-corrected chi connectivity index (χ0v) is 12.1. The molecule has 0 aliphatic rings. The first-order valence-electron chi connectivity index (χ1n) is 5.45. The third-order valence-corrected chi connectivity index (χ3v) is 3.49. The predicted octanol–water partition coefficient (Wildman–Crippen LogP) is 2.45. The Morgan fingerprint density at radius 2 is 2.16 bits per heavy atom. The largest absolute Gasteiger partial charge is 0.507 e. The maximum atomic E-state index is 9.68. The molecular formula is C12H9IN4O2. The summed E-state index contributed by atoms with van der Waals surface area (Å²) in [5.74, 6) is 1.03. The Labute approximate surface area is 122 Å². The highest BCUT2D eigenvalue weighted by Crippen LogP contribution is 2.27. The van der Waals surface area contributed by atoms with Crippen molar-refractivity contribution in [2.24, 2.45) is 7.05 Å². The molecule has 6 nitrogen and oxygen atoms in total. The van der Waals surface area contributed by atoms with Gasteiger partial charge in [-0.2, -0.15) is 10.1 Å². The van der Waals surface area contributed by atoms with E-state index in [0.717, 1.165) is 9.13 Å². The van der Waals surface area contributed by atoms with Gasteiger partial charge < -0.3 is 9.63 Å². The average Bonchev–Trinajstić information content (AvgIpc) is 3.01. The fourth-order valence-corrected chi connectivity index (χ4v) is 1.98. The number of hydrogen-bond acceptors (Lipinski definition) is 5. The SMILES string of the molecule is Cn1cc(-c2noc(-c3ccc(I)c(O)c3)n2)cn1. The minimum atomic E-state index is 0.194. The smallest absolute Gasteiger partial charge is 0.258 e. The van der Waals surface area contributed by atoms with Gasteiger partial charge in [-0.1, -0.05) is 5.16 Å². The molecule has 96 valence electrons. The molecule has 0 aliphatic heterocycles. The molecule has 1 aromatic carbocycles. The molecule has 0 unspecified atom stereocenters. The summed E-state index contributed by atoms with van der Waals surface area (Å²) in [5.41, 5.74) is 1.47. The highest BCUT2D eigenvalue weighted by atomic mass is 127. The predicted molar refractivity (Wildman–Crippen MR) is 76.3 cm³/mol. The Morgan fingerprint density at radius 3 is 2.84 bits per heavy atom. The Morgan fingerprint density at radius 1 is 1.32 bits per heavy atom. The standard InChI is InChI=1S/C12H9IN4O2/c1-17-6-8(5-14-17)11-15-12(19-16-11)7-2-3-9(13)10(18)4-7/h2-6,18H,1H3. The number of phenols is 1. The highest BCUT2D eigenvalue weighted by molar-refractivity contribution is 14.1. The molecule has 0 aliphatic carbocycles. The normalized spacial score (nSPS) is 10.8. The van der Waals surface area contributed by atoms with Crippen LogP contribution < -0.4 is 0 Å². The summed E-state index contributed by atoms with van der Waals surface area (Å²) in [6.07, 6.45) is 3.47. The van der Waals surface area contributed by atoms with Crippen molar-refractivity contribution in [3.8, 4) is 28.6 Å². The molecule has 0 saturated carbocycles. The molecule has 3 aromatic rings. The Balaban J connectivity index is 1.98. The monoisotopic (exact) mass is 368 g/mol. The lowest BCUT2D eigenvalue weighted by Crippen LogP contribution is -1.84. The van der Waals surface area contributed by atoms with Crippen LogP contribution in [0.1, 0.15) is 0 Å². The molecule has 1 N–H and O–H groups in total. The van der Waals surface area contributed by atoms with Crippen LogP contribution in [0.4, 0.5) is 0 Å². The van der Waals surface area contributed by atoms with E-state index in [9.17, 15) is 5.11 Å². The molecule has 0 spiro atoms. The summed E-state index contributed by atoms with van der Waals surface area (Å²) in [7, 11) is 1.82. The fraction of sp³-hybridized carbons (Fsp3) is 0.0833. The van der Waals surface area contributed by atoms with E-state index in [-0.39, 0.29) is 5.75 Å². The maximum Gasteiger partial charge on any atom is 0.258 e. The summed E-state index contributed by atoms with van der Waals surface area (Å²) < 4.78 is 7.64. The second kappa shape index (κ2) is 4.65. The van der Waals surface area contributed by atoms with Crippen molar-refractivity contribution in [2.75, 3.05) is 0 Å². The molecule has 0 saturated heterocycles. The minimum absolute atomic E-state index is 0.194. The van der Waals surface area contributed by atoms with Crippen molar-refractivity contribution < 1.29 is 9.63 Å². The number of hydrogen-bond donors (Lipinski definition) is 1. The summed E-state index contributed by atoms with van der Waals surface area (Å²) in [6, 6.07) is 5.21. The molecule has 7 heteroatoms. The molecule has 0 amide bonds. The van der Waals surface area contributed by atoms with Gasteiger partial charge in [0, 0.05) is 18.8 Å². The summed E-state index contributed by atoms with van der Waals surface area (Å²) in [5, 5.41) is 17.6. The lowest BCUT2D eigenvalue weighted by atomic mass is 10.2. The van der Waals surface area contributed by atoms with Crippen LogP contribution in [0.15, 0.2) is 35.1 Å². The first kappa shape index (κ1) is 12.2. The van der Waals surface area contributed by atoms with E-state index in [2.05, 4.69) is 37.8 Å². The minimum Gasteiger partial charge on any atom is -0.507 e. The van der Waals surface area contributed by atoms with Gasteiger partial charge in [0.1, 0.15) is 5.75 Å². The van der Waals surface area contributed by atoms with Crippen molar-refractivity contribution in [2.45, 2.75) is 0 Å². The van der Waals surface area contributed by atoms with E-state index >= 15 is 0 Å². The molecule has 19 heavy (non-hydrogen) atoms. The van der Waals surface area contributed by atoms with E-state index in [1.54, 1.807) is 29.2 Å². The van der Waals surface area contributed by atoms with Crippen LogP contribution in [0.25, 0.3) is 22.8 Å². The van der Waals surface area contributed by atoms with Gasteiger partial charge in [0.25, 0.3) is 5.89 Å². The van der Waals surface area contributed by atoms with Gasteiger partial charge in [-0.3, -0.25) is 4.68 Å². The van der Waals surface area contributed by atoms with Crippen LogP contribution in [0.2, 0.25) is 0 Å².